The lowest BCUT2D eigenvalue weighted by Gasteiger charge is -2.13. The van der Waals surface area contributed by atoms with Gasteiger partial charge in [0.2, 0.25) is 0 Å². The van der Waals surface area contributed by atoms with Gasteiger partial charge in [0, 0.05) is 12.1 Å². The molecule has 9 heteroatoms. The molecule has 0 aliphatic rings. The van der Waals surface area contributed by atoms with Gasteiger partial charge in [0.25, 0.3) is 5.69 Å². The van der Waals surface area contributed by atoms with Crippen molar-refractivity contribution < 1.29 is 27.6 Å². The number of benzene rings is 1. The first kappa shape index (κ1) is 15.4. The van der Waals surface area contributed by atoms with Crippen LogP contribution in [0.3, 0.4) is 0 Å². The summed E-state index contributed by atoms with van der Waals surface area (Å²) in [5, 5.41) is 19.4. The molecular weight excluding hydrogens is 281 g/mol. The number of alkyl halides is 3. The molecule has 0 N–H and O–H groups in total. The van der Waals surface area contributed by atoms with Crippen molar-refractivity contribution in [2.24, 2.45) is 0 Å². The first-order chi connectivity index (χ1) is 9.22. The quantitative estimate of drug-likeness (QED) is 0.484. The maximum Gasteiger partial charge on any atom is 0.417 e. The van der Waals surface area contributed by atoms with Crippen molar-refractivity contribution in [3.8, 4) is 6.07 Å². The monoisotopic (exact) mass is 288 g/mol. The van der Waals surface area contributed by atoms with E-state index in [1.54, 1.807) is 0 Å². The van der Waals surface area contributed by atoms with Crippen LogP contribution in [0.15, 0.2) is 12.1 Å². The number of hydrogen-bond acceptors (Lipinski definition) is 5. The molecule has 0 aromatic heterocycles. The highest BCUT2D eigenvalue weighted by Gasteiger charge is 2.39. The molecule has 0 atom stereocenters. The smallest absolute Gasteiger partial charge is 0.417 e. The summed E-state index contributed by atoms with van der Waals surface area (Å²) in [4.78, 5) is 21.0. The van der Waals surface area contributed by atoms with Crippen molar-refractivity contribution in [1.29, 1.82) is 5.26 Å². The van der Waals surface area contributed by atoms with Crippen LogP contribution in [-0.2, 0) is 10.9 Å². The van der Waals surface area contributed by atoms with Crippen molar-refractivity contribution in [3.63, 3.8) is 0 Å². The number of hydrogen-bond donors (Lipinski definition) is 0. The van der Waals surface area contributed by atoms with E-state index in [-0.39, 0.29) is 12.7 Å². The van der Waals surface area contributed by atoms with E-state index < -0.39 is 39.4 Å². The van der Waals surface area contributed by atoms with E-state index in [2.05, 4.69) is 4.74 Å². The molecule has 0 fully saturated rings. The number of non-ortho nitro benzene ring substituents is 1. The van der Waals surface area contributed by atoms with Crippen molar-refractivity contribution >= 4 is 11.7 Å². The molecule has 106 valence electrons. The highest BCUT2D eigenvalue weighted by atomic mass is 19.4. The third-order valence-corrected chi connectivity index (χ3v) is 2.24. The minimum absolute atomic E-state index is 0.196. The minimum atomic E-state index is -5.03. The van der Waals surface area contributed by atoms with Crippen molar-refractivity contribution in [2.45, 2.75) is 13.1 Å². The molecule has 6 nitrogen and oxygen atoms in total. The number of carbonyl (C=O) groups is 1. The molecule has 0 aliphatic heterocycles. The van der Waals surface area contributed by atoms with E-state index in [4.69, 9.17) is 5.26 Å². The van der Waals surface area contributed by atoms with Crippen LogP contribution in [0.5, 0.6) is 0 Å². The number of rotatable bonds is 3. The zero-order valence-electron chi connectivity index (χ0n) is 10.0. The summed E-state index contributed by atoms with van der Waals surface area (Å²) in [5.74, 6) is -1.36. The molecule has 0 heterocycles. The van der Waals surface area contributed by atoms with Crippen LogP contribution in [0.1, 0.15) is 28.4 Å². The second kappa shape index (κ2) is 5.56. The number of nitriles is 1. The lowest BCUT2D eigenvalue weighted by Crippen LogP contribution is -2.17. The fourth-order valence-electron chi connectivity index (χ4n) is 1.47. The fraction of sp³-hybridized carbons (Fsp3) is 0.273. The Hall–Kier alpha value is -2.63. The summed E-state index contributed by atoms with van der Waals surface area (Å²) in [5.41, 5.74) is -4.28. The molecule has 0 saturated carbocycles. The van der Waals surface area contributed by atoms with Crippen LogP contribution < -0.4 is 0 Å². The SMILES string of the molecule is CCOC(=O)c1c(C#N)cc([N+](=O)[O-])cc1C(F)(F)F. The third kappa shape index (κ3) is 3.03. The molecule has 0 saturated heterocycles. The second-order valence-corrected chi connectivity index (χ2v) is 3.50. The standard InChI is InChI=1S/C11H7F3N2O4/c1-2-20-10(17)9-6(5-15)3-7(16(18)19)4-8(9)11(12,13)14/h3-4H,2H2,1H3. The van der Waals surface area contributed by atoms with Gasteiger partial charge in [-0.2, -0.15) is 18.4 Å². The minimum Gasteiger partial charge on any atom is -0.462 e. The molecule has 0 bridgehead atoms. The average Bonchev–Trinajstić information content (AvgIpc) is 2.36. The van der Waals surface area contributed by atoms with Gasteiger partial charge in [-0.25, -0.2) is 4.79 Å². The van der Waals surface area contributed by atoms with Gasteiger partial charge in [-0.3, -0.25) is 10.1 Å². The van der Waals surface area contributed by atoms with Crippen LogP contribution >= 0.6 is 0 Å². The molecule has 1 rings (SSSR count). The van der Waals surface area contributed by atoms with Gasteiger partial charge in [-0.15, -0.1) is 0 Å². The summed E-state index contributed by atoms with van der Waals surface area (Å²) in [6.45, 7) is 1.18. The number of esters is 1. The van der Waals surface area contributed by atoms with E-state index in [1.165, 1.54) is 13.0 Å². The van der Waals surface area contributed by atoms with E-state index in [0.717, 1.165) is 0 Å². The molecule has 0 unspecified atom stereocenters. The van der Waals surface area contributed by atoms with Crippen LogP contribution in [-0.4, -0.2) is 17.5 Å². The number of nitro benzene ring substituents is 1. The summed E-state index contributed by atoms with van der Waals surface area (Å²) >= 11 is 0. The number of halogens is 3. The van der Waals surface area contributed by atoms with Gasteiger partial charge in [0.05, 0.1) is 28.2 Å². The zero-order valence-corrected chi connectivity index (χ0v) is 10.0. The largest absolute Gasteiger partial charge is 0.462 e. The van der Waals surface area contributed by atoms with Gasteiger partial charge >= 0.3 is 12.1 Å². The van der Waals surface area contributed by atoms with Gasteiger partial charge in [-0.05, 0) is 6.92 Å². The predicted octanol–water partition coefficient (Wildman–Crippen LogP) is 2.66. The Kier molecular flexibility index (Phi) is 4.29. The van der Waals surface area contributed by atoms with Crippen LogP contribution in [0.2, 0.25) is 0 Å². The van der Waals surface area contributed by atoms with Crippen molar-refractivity contribution in [2.75, 3.05) is 6.61 Å². The maximum absolute atomic E-state index is 12.9. The summed E-state index contributed by atoms with van der Waals surface area (Å²) in [6.07, 6.45) is -5.03. The number of nitro groups is 1. The Labute approximate surface area is 110 Å². The van der Waals surface area contributed by atoms with Gasteiger partial charge in [-0.1, -0.05) is 0 Å². The molecule has 0 spiro atoms. The summed E-state index contributed by atoms with van der Waals surface area (Å²) < 4.78 is 43.1. The van der Waals surface area contributed by atoms with E-state index in [9.17, 15) is 28.1 Å². The Morgan fingerprint density at radius 3 is 2.50 bits per heavy atom. The molecular formula is C11H7F3N2O4. The molecule has 1 aromatic carbocycles. The van der Waals surface area contributed by atoms with E-state index in [0.29, 0.717) is 6.07 Å². The lowest BCUT2D eigenvalue weighted by molar-refractivity contribution is -0.385. The van der Waals surface area contributed by atoms with Gasteiger partial charge < -0.3 is 4.74 Å². The topological polar surface area (TPSA) is 93.2 Å². The average molecular weight is 288 g/mol. The van der Waals surface area contributed by atoms with Gasteiger partial charge in [0.15, 0.2) is 0 Å². The van der Waals surface area contributed by atoms with Crippen molar-refractivity contribution in [3.05, 3.63) is 38.9 Å². The first-order valence-electron chi connectivity index (χ1n) is 5.19. The number of carbonyl (C=O) groups excluding carboxylic acids is 1. The highest BCUT2D eigenvalue weighted by Crippen LogP contribution is 2.36. The van der Waals surface area contributed by atoms with Crippen LogP contribution in [0.25, 0.3) is 0 Å². The molecule has 0 radical (unpaired) electrons. The summed E-state index contributed by atoms with van der Waals surface area (Å²) in [7, 11) is 0. The van der Waals surface area contributed by atoms with E-state index >= 15 is 0 Å². The normalized spacial score (nSPS) is 10.8. The van der Waals surface area contributed by atoms with Crippen LogP contribution in [0, 0.1) is 21.4 Å². The van der Waals surface area contributed by atoms with Gasteiger partial charge in [0.1, 0.15) is 6.07 Å². The molecule has 0 aliphatic carbocycles. The van der Waals surface area contributed by atoms with E-state index in [1.807, 2.05) is 0 Å². The predicted molar refractivity (Wildman–Crippen MR) is 58.8 cm³/mol. The molecule has 20 heavy (non-hydrogen) atoms. The highest BCUT2D eigenvalue weighted by molar-refractivity contribution is 5.94. The number of nitrogens with zero attached hydrogens (tertiary/aromatic N) is 2. The van der Waals surface area contributed by atoms with Crippen LogP contribution in [0.4, 0.5) is 18.9 Å². The Bertz CT molecular complexity index is 605. The summed E-state index contributed by atoms with van der Waals surface area (Å²) in [6, 6.07) is 2.14. The fourth-order valence-corrected chi connectivity index (χ4v) is 1.47. The Balaban J connectivity index is 3.67. The molecule has 0 amide bonds. The Morgan fingerprint density at radius 2 is 2.10 bits per heavy atom. The molecule has 1 aromatic rings. The maximum atomic E-state index is 12.9. The third-order valence-electron chi connectivity index (χ3n) is 2.24. The zero-order chi connectivity index (χ0) is 15.5. The second-order valence-electron chi connectivity index (χ2n) is 3.50. The first-order valence-corrected chi connectivity index (χ1v) is 5.19. The Morgan fingerprint density at radius 1 is 1.50 bits per heavy atom. The number of ether oxygens (including phenoxy) is 1. The van der Waals surface area contributed by atoms with Crippen molar-refractivity contribution in [1.82, 2.24) is 0 Å². The lowest BCUT2D eigenvalue weighted by atomic mass is 10.00.